The molecule has 0 unspecified atom stereocenters. The molecule has 0 spiro atoms. The van der Waals surface area contributed by atoms with Crippen molar-refractivity contribution in [1.82, 2.24) is 0 Å². The largest absolute Gasteiger partial charge is 0.388 e. The van der Waals surface area contributed by atoms with Crippen molar-refractivity contribution < 1.29 is 4.79 Å². The van der Waals surface area contributed by atoms with Crippen molar-refractivity contribution in [3.05, 3.63) is 64.7 Å². The molecule has 2 aromatic carbocycles. The van der Waals surface area contributed by atoms with E-state index in [1.54, 1.807) is 0 Å². The number of ketones is 1. The van der Waals surface area contributed by atoms with E-state index >= 15 is 0 Å². The maximum atomic E-state index is 12.5. The predicted molar refractivity (Wildman–Crippen MR) is 82.5 cm³/mol. The zero-order valence-electron chi connectivity index (χ0n) is 11.8. The molecule has 102 valence electrons. The average molecular weight is 265 g/mol. The fraction of sp³-hybridized carbons (Fsp3) is 0.278. The van der Waals surface area contributed by atoms with Gasteiger partial charge in [-0.15, -0.1) is 0 Å². The summed E-state index contributed by atoms with van der Waals surface area (Å²) in [5.41, 5.74) is 5.35. The molecule has 0 aromatic heterocycles. The molecule has 2 nitrogen and oxygen atoms in total. The molecule has 0 bridgehead atoms. The predicted octanol–water partition coefficient (Wildman–Crippen LogP) is 3.84. The van der Waals surface area contributed by atoms with Crippen LogP contribution < -0.4 is 5.32 Å². The highest BCUT2D eigenvalue weighted by Crippen LogP contribution is 2.23. The summed E-state index contributed by atoms with van der Waals surface area (Å²) in [6.45, 7) is 0. The second kappa shape index (κ2) is 5.49. The summed E-state index contributed by atoms with van der Waals surface area (Å²) in [7, 11) is 1.88. The summed E-state index contributed by atoms with van der Waals surface area (Å²) in [5.74, 6) is 0.112. The number of anilines is 1. The fourth-order valence-corrected chi connectivity index (χ4v) is 2.83. The van der Waals surface area contributed by atoms with Crippen molar-refractivity contribution in [2.75, 3.05) is 12.4 Å². The molecule has 0 saturated carbocycles. The van der Waals surface area contributed by atoms with Crippen LogP contribution in [-0.4, -0.2) is 12.8 Å². The van der Waals surface area contributed by atoms with Crippen molar-refractivity contribution in [3.8, 4) is 0 Å². The van der Waals surface area contributed by atoms with Crippen molar-refractivity contribution in [1.29, 1.82) is 0 Å². The Balaban J connectivity index is 1.89. The number of benzene rings is 2. The smallest absolute Gasteiger partial charge is 0.193 e. The van der Waals surface area contributed by atoms with E-state index in [1.807, 2.05) is 37.4 Å². The molecule has 0 saturated heterocycles. The van der Waals surface area contributed by atoms with E-state index < -0.39 is 0 Å². The monoisotopic (exact) mass is 265 g/mol. The van der Waals surface area contributed by atoms with Crippen molar-refractivity contribution in [2.45, 2.75) is 25.7 Å². The van der Waals surface area contributed by atoms with Gasteiger partial charge >= 0.3 is 0 Å². The maximum absolute atomic E-state index is 12.5. The van der Waals surface area contributed by atoms with Gasteiger partial charge in [0.25, 0.3) is 0 Å². The van der Waals surface area contributed by atoms with Crippen molar-refractivity contribution >= 4 is 11.5 Å². The third-order valence-electron chi connectivity index (χ3n) is 4.05. The van der Waals surface area contributed by atoms with E-state index in [-0.39, 0.29) is 5.78 Å². The Kier molecular flexibility index (Phi) is 3.55. The Bertz CT molecular complexity index is 628. The van der Waals surface area contributed by atoms with Crippen LogP contribution in [0.25, 0.3) is 0 Å². The standard InChI is InChI=1S/C18H19NO/c1-19-17-10-8-14(9-11-17)18(20)16-7-6-13-4-2-3-5-15(13)12-16/h6-12,19H,2-5H2,1H3. The molecule has 1 aliphatic rings. The van der Waals surface area contributed by atoms with Crippen LogP contribution in [0.5, 0.6) is 0 Å². The lowest BCUT2D eigenvalue weighted by Gasteiger charge is -2.16. The van der Waals surface area contributed by atoms with Gasteiger partial charge in [0.05, 0.1) is 0 Å². The van der Waals surface area contributed by atoms with Gasteiger partial charge in [-0.1, -0.05) is 12.1 Å². The second-order valence-corrected chi connectivity index (χ2v) is 5.35. The molecule has 0 heterocycles. The third kappa shape index (κ3) is 2.46. The molecular formula is C18H19NO. The molecule has 1 aliphatic carbocycles. The van der Waals surface area contributed by atoms with Gasteiger partial charge in [-0.25, -0.2) is 0 Å². The Hall–Kier alpha value is -2.09. The number of nitrogens with one attached hydrogen (secondary N) is 1. The topological polar surface area (TPSA) is 29.1 Å². The van der Waals surface area contributed by atoms with Gasteiger partial charge in [-0.2, -0.15) is 0 Å². The lowest BCUT2D eigenvalue weighted by molar-refractivity contribution is 0.103. The molecule has 0 amide bonds. The average Bonchev–Trinajstić information content (AvgIpc) is 2.54. The van der Waals surface area contributed by atoms with Gasteiger partial charge < -0.3 is 5.32 Å². The first-order valence-corrected chi connectivity index (χ1v) is 7.22. The van der Waals surface area contributed by atoms with Gasteiger partial charge in [0.1, 0.15) is 0 Å². The molecule has 1 N–H and O–H groups in total. The van der Waals surface area contributed by atoms with Gasteiger partial charge in [0.15, 0.2) is 5.78 Å². The van der Waals surface area contributed by atoms with Crippen LogP contribution in [-0.2, 0) is 12.8 Å². The number of hydrogen-bond donors (Lipinski definition) is 1. The lowest BCUT2D eigenvalue weighted by Crippen LogP contribution is -2.07. The van der Waals surface area contributed by atoms with Crippen LogP contribution in [0.2, 0.25) is 0 Å². The Morgan fingerprint density at radius 3 is 2.25 bits per heavy atom. The minimum atomic E-state index is 0.112. The number of hydrogen-bond acceptors (Lipinski definition) is 2. The summed E-state index contributed by atoms with van der Waals surface area (Å²) in [4.78, 5) is 12.5. The fourth-order valence-electron chi connectivity index (χ4n) is 2.83. The highest BCUT2D eigenvalue weighted by molar-refractivity contribution is 6.09. The summed E-state index contributed by atoms with van der Waals surface area (Å²) in [6, 6.07) is 13.8. The first-order chi connectivity index (χ1) is 9.78. The summed E-state index contributed by atoms with van der Waals surface area (Å²) in [5, 5.41) is 3.06. The molecule has 0 atom stereocenters. The van der Waals surface area contributed by atoms with Crippen LogP contribution in [0.4, 0.5) is 5.69 Å². The van der Waals surface area contributed by atoms with Crippen LogP contribution in [0.1, 0.15) is 39.9 Å². The zero-order valence-corrected chi connectivity index (χ0v) is 11.8. The highest BCUT2D eigenvalue weighted by Gasteiger charge is 2.14. The van der Waals surface area contributed by atoms with Crippen LogP contribution in [0.15, 0.2) is 42.5 Å². The molecule has 2 aromatic rings. The SMILES string of the molecule is CNc1ccc(C(=O)c2ccc3c(c2)CCCC3)cc1. The van der Waals surface area contributed by atoms with Gasteiger partial charge in [-0.05, 0) is 67.1 Å². The number of carbonyl (C=O) groups is 1. The minimum Gasteiger partial charge on any atom is -0.388 e. The van der Waals surface area contributed by atoms with Gasteiger partial charge in [-0.3, -0.25) is 4.79 Å². The molecule has 3 rings (SSSR count). The normalized spacial score (nSPS) is 13.7. The van der Waals surface area contributed by atoms with E-state index in [2.05, 4.69) is 17.4 Å². The molecule has 2 heteroatoms. The second-order valence-electron chi connectivity index (χ2n) is 5.35. The van der Waals surface area contributed by atoms with E-state index in [9.17, 15) is 4.79 Å². The van der Waals surface area contributed by atoms with E-state index in [0.717, 1.165) is 29.7 Å². The summed E-state index contributed by atoms with van der Waals surface area (Å²) >= 11 is 0. The van der Waals surface area contributed by atoms with Gasteiger partial charge in [0, 0.05) is 23.9 Å². The number of aryl methyl sites for hydroxylation is 2. The minimum absolute atomic E-state index is 0.112. The first kappa shape index (κ1) is 12.9. The maximum Gasteiger partial charge on any atom is 0.193 e. The highest BCUT2D eigenvalue weighted by atomic mass is 16.1. The summed E-state index contributed by atoms with van der Waals surface area (Å²) in [6.07, 6.45) is 4.77. The Labute approximate surface area is 119 Å². The van der Waals surface area contributed by atoms with Crippen LogP contribution in [0, 0.1) is 0 Å². The lowest BCUT2D eigenvalue weighted by atomic mass is 9.89. The molecule has 0 aliphatic heterocycles. The molecule has 0 radical (unpaired) electrons. The number of carbonyl (C=O) groups excluding carboxylic acids is 1. The first-order valence-electron chi connectivity index (χ1n) is 7.22. The number of fused-ring (bicyclic) bond motifs is 1. The van der Waals surface area contributed by atoms with Gasteiger partial charge in [0.2, 0.25) is 0 Å². The summed E-state index contributed by atoms with van der Waals surface area (Å²) < 4.78 is 0. The van der Waals surface area contributed by atoms with E-state index in [4.69, 9.17) is 0 Å². The van der Waals surface area contributed by atoms with Crippen LogP contribution >= 0.6 is 0 Å². The molecular weight excluding hydrogens is 246 g/mol. The Morgan fingerprint density at radius 1 is 0.900 bits per heavy atom. The van der Waals surface area contributed by atoms with E-state index in [1.165, 1.54) is 24.0 Å². The van der Waals surface area contributed by atoms with Crippen LogP contribution in [0.3, 0.4) is 0 Å². The Morgan fingerprint density at radius 2 is 1.55 bits per heavy atom. The quantitative estimate of drug-likeness (QED) is 0.854. The molecule has 0 fully saturated rings. The van der Waals surface area contributed by atoms with E-state index in [0.29, 0.717) is 0 Å². The third-order valence-corrected chi connectivity index (χ3v) is 4.05. The van der Waals surface area contributed by atoms with Crippen molar-refractivity contribution in [3.63, 3.8) is 0 Å². The van der Waals surface area contributed by atoms with Crippen molar-refractivity contribution in [2.24, 2.45) is 0 Å². The zero-order chi connectivity index (χ0) is 13.9. The molecule has 20 heavy (non-hydrogen) atoms. The number of rotatable bonds is 3.